The van der Waals surface area contributed by atoms with Gasteiger partial charge < -0.3 is 9.84 Å². The number of methoxy groups -OCH3 is 1. The molecule has 1 N–H and O–H groups in total. The second-order valence-corrected chi connectivity index (χ2v) is 5.45. The van der Waals surface area contributed by atoms with E-state index in [0.717, 1.165) is 23.3 Å². The molecule has 2 aromatic rings. The van der Waals surface area contributed by atoms with Gasteiger partial charge >= 0.3 is 0 Å². The highest BCUT2D eigenvalue weighted by Gasteiger charge is 2.42. The summed E-state index contributed by atoms with van der Waals surface area (Å²) in [6.07, 6.45) is 3.03. The molecule has 1 unspecified atom stereocenters. The van der Waals surface area contributed by atoms with Crippen molar-refractivity contribution in [2.24, 2.45) is 0 Å². The molecule has 0 saturated carbocycles. The predicted molar refractivity (Wildman–Crippen MR) is 77.2 cm³/mol. The SMILES string of the molecule is CCn1ncc(Cl)c1C1(O)CCc2ccc(OC)cc21. The summed E-state index contributed by atoms with van der Waals surface area (Å²) in [6.45, 7) is 2.65. The van der Waals surface area contributed by atoms with E-state index in [0.29, 0.717) is 23.7 Å². The molecule has 0 aliphatic heterocycles. The second kappa shape index (κ2) is 4.79. The van der Waals surface area contributed by atoms with Crippen molar-refractivity contribution < 1.29 is 9.84 Å². The molecule has 1 heterocycles. The van der Waals surface area contributed by atoms with Crippen molar-refractivity contribution in [3.63, 3.8) is 0 Å². The van der Waals surface area contributed by atoms with Gasteiger partial charge in [-0.15, -0.1) is 0 Å². The summed E-state index contributed by atoms with van der Waals surface area (Å²) in [5.74, 6) is 0.739. The van der Waals surface area contributed by atoms with Crippen LogP contribution in [0.25, 0.3) is 0 Å². The van der Waals surface area contributed by atoms with Crippen LogP contribution in [0.5, 0.6) is 5.75 Å². The van der Waals surface area contributed by atoms with Gasteiger partial charge in [0.2, 0.25) is 0 Å². The van der Waals surface area contributed by atoms with Gasteiger partial charge in [0, 0.05) is 6.54 Å². The van der Waals surface area contributed by atoms with E-state index in [4.69, 9.17) is 16.3 Å². The highest BCUT2D eigenvalue weighted by Crippen LogP contribution is 2.45. The summed E-state index contributed by atoms with van der Waals surface area (Å²) in [4.78, 5) is 0. The lowest BCUT2D eigenvalue weighted by atomic mass is 9.92. The minimum Gasteiger partial charge on any atom is -0.497 e. The summed E-state index contributed by atoms with van der Waals surface area (Å²) < 4.78 is 7.03. The number of aromatic nitrogens is 2. The van der Waals surface area contributed by atoms with Crippen molar-refractivity contribution in [2.45, 2.75) is 31.9 Å². The van der Waals surface area contributed by atoms with Gasteiger partial charge in [0.1, 0.15) is 11.4 Å². The van der Waals surface area contributed by atoms with E-state index >= 15 is 0 Å². The average molecular weight is 293 g/mol. The zero-order valence-electron chi connectivity index (χ0n) is 11.6. The molecule has 1 aliphatic rings. The van der Waals surface area contributed by atoms with Gasteiger partial charge in [0.05, 0.1) is 24.0 Å². The van der Waals surface area contributed by atoms with E-state index < -0.39 is 5.60 Å². The summed E-state index contributed by atoms with van der Waals surface area (Å²) in [7, 11) is 1.62. The van der Waals surface area contributed by atoms with Crippen LogP contribution in [0, 0.1) is 0 Å². The van der Waals surface area contributed by atoms with Crippen molar-refractivity contribution >= 4 is 11.6 Å². The van der Waals surface area contributed by atoms with Crippen LogP contribution < -0.4 is 4.74 Å². The summed E-state index contributed by atoms with van der Waals surface area (Å²) >= 11 is 6.26. The molecule has 1 aliphatic carbocycles. The molecule has 1 atom stereocenters. The fraction of sp³-hybridized carbons (Fsp3) is 0.400. The molecule has 1 aromatic heterocycles. The van der Waals surface area contributed by atoms with Gasteiger partial charge in [-0.05, 0) is 43.0 Å². The van der Waals surface area contributed by atoms with Crippen LogP contribution in [-0.4, -0.2) is 22.0 Å². The third-order valence-electron chi connectivity index (χ3n) is 4.00. The molecule has 5 heteroatoms. The van der Waals surface area contributed by atoms with Crippen LogP contribution in [0.15, 0.2) is 24.4 Å². The monoisotopic (exact) mass is 292 g/mol. The standard InChI is InChI=1S/C15H17ClN2O2/c1-3-18-14(13(16)9-17-18)15(19)7-6-10-4-5-11(20-2)8-12(10)15/h4-5,8-9,19H,3,6-7H2,1-2H3. The zero-order chi connectivity index (χ0) is 14.3. The van der Waals surface area contributed by atoms with Gasteiger partial charge in [-0.1, -0.05) is 17.7 Å². The van der Waals surface area contributed by atoms with Crippen molar-refractivity contribution in [1.82, 2.24) is 9.78 Å². The highest BCUT2D eigenvalue weighted by atomic mass is 35.5. The number of ether oxygens (including phenoxy) is 1. The lowest BCUT2D eigenvalue weighted by Gasteiger charge is -2.26. The predicted octanol–water partition coefficient (Wildman–Crippen LogP) is 2.75. The first-order valence-corrected chi connectivity index (χ1v) is 7.09. The van der Waals surface area contributed by atoms with Gasteiger partial charge in [-0.3, -0.25) is 4.68 Å². The number of hydrogen-bond acceptors (Lipinski definition) is 3. The Morgan fingerprint density at radius 3 is 3.00 bits per heavy atom. The quantitative estimate of drug-likeness (QED) is 0.946. The molecule has 0 bridgehead atoms. The largest absolute Gasteiger partial charge is 0.497 e. The number of rotatable bonds is 3. The first kappa shape index (κ1) is 13.5. The molecular weight excluding hydrogens is 276 g/mol. The minimum absolute atomic E-state index is 0.505. The summed E-state index contributed by atoms with van der Waals surface area (Å²) in [5.41, 5.74) is 1.59. The molecule has 0 spiro atoms. The van der Waals surface area contributed by atoms with Crippen LogP contribution in [0.3, 0.4) is 0 Å². The third kappa shape index (κ3) is 1.83. The Labute approximate surface area is 122 Å². The molecule has 3 rings (SSSR count). The number of halogens is 1. The van der Waals surface area contributed by atoms with Crippen LogP contribution in [0.2, 0.25) is 5.02 Å². The second-order valence-electron chi connectivity index (χ2n) is 5.04. The van der Waals surface area contributed by atoms with Crippen molar-refractivity contribution in [3.8, 4) is 5.75 Å². The van der Waals surface area contributed by atoms with Crippen LogP contribution in [0.4, 0.5) is 0 Å². The number of hydrogen-bond donors (Lipinski definition) is 1. The van der Waals surface area contributed by atoms with Gasteiger partial charge in [0.15, 0.2) is 0 Å². The molecule has 106 valence electrons. The molecule has 0 amide bonds. The van der Waals surface area contributed by atoms with Crippen molar-refractivity contribution in [3.05, 3.63) is 46.2 Å². The summed E-state index contributed by atoms with van der Waals surface area (Å²) in [5, 5.41) is 16.0. The van der Waals surface area contributed by atoms with E-state index in [1.807, 2.05) is 25.1 Å². The van der Waals surface area contributed by atoms with Crippen molar-refractivity contribution in [1.29, 1.82) is 0 Å². The van der Waals surface area contributed by atoms with Gasteiger partial charge in [0.25, 0.3) is 0 Å². The van der Waals surface area contributed by atoms with E-state index in [2.05, 4.69) is 5.10 Å². The Morgan fingerprint density at radius 1 is 1.50 bits per heavy atom. The third-order valence-corrected chi connectivity index (χ3v) is 4.28. The van der Waals surface area contributed by atoms with Crippen LogP contribution in [0.1, 0.15) is 30.2 Å². The fourth-order valence-electron chi connectivity index (χ4n) is 3.00. The molecule has 4 nitrogen and oxygen atoms in total. The fourth-order valence-corrected chi connectivity index (χ4v) is 3.29. The van der Waals surface area contributed by atoms with E-state index in [1.54, 1.807) is 18.0 Å². The Bertz CT molecular complexity index is 653. The Balaban J connectivity index is 2.18. The lowest BCUT2D eigenvalue weighted by molar-refractivity contribution is 0.0729. The van der Waals surface area contributed by atoms with Gasteiger partial charge in [-0.2, -0.15) is 5.10 Å². The Kier molecular flexibility index (Phi) is 3.22. The molecule has 0 fully saturated rings. The molecule has 0 saturated heterocycles. The first-order chi connectivity index (χ1) is 9.60. The smallest absolute Gasteiger partial charge is 0.133 e. The average Bonchev–Trinajstić information content (AvgIpc) is 3.00. The maximum atomic E-state index is 11.2. The molecular formula is C15H17ClN2O2. The highest BCUT2D eigenvalue weighted by molar-refractivity contribution is 6.31. The lowest BCUT2D eigenvalue weighted by Crippen LogP contribution is -2.28. The Hall–Kier alpha value is -1.52. The van der Waals surface area contributed by atoms with Gasteiger partial charge in [-0.25, -0.2) is 0 Å². The summed E-state index contributed by atoms with van der Waals surface area (Å²) in [6, 6.07) is 5.82. The first-order valence-electron chi connectivity index (χ1n) is 6.71. The number of benzene rings is 1. The van der Waals surface area contributed by atoms with E-state index in [-0.39, 0.29) is 0 Å². The van der Waals surface area contributed by atoms with Crippen molar-refractivity contribution in [2.75, 3.05) is 7.11 Å². The maximum Gasteiger partial charge on any atom is 0.133 e. The number of aryl methyl sites for hydroxylation is 2. The van der Waals surface area contributed by atoms with Crippen LogP contribution >= 0.6 is 11.6 Å². The molecule has 20 heavy (non-hydrogen) atoms. The topological polar surface area (TPSA) is 47.3 Å². The molecule has 0 radical (unpaired) electrons. The minimum atomic E-state index is -1.09. The zero-order valence-corrected chi connectivity index (χ0v) is 12.3. The maximum absolute atomic E-state index is 11.2. The number of aliphatic hydroxyl groups is 1. The molecule has 1 aromatic carbocycles. The Morgan fingerprint density at radius 2 is 2.30 bits per heavy atom. The number of fused-ring (bicyclic) bond motifs is 1. The van der Waals surface area contributed by atoms with E-state index in [9.17, 15) is 5.11 Å². The number of nitrogens with zero attached hydrogens (tertiary/aromatic N) is 2. The van der Waals surface area contributed by atoms with Crippen LogP contribution in [-0.2, 0) is 18.6 Å². The van der Waals surface area contributed by atoms with E-state index in [1.165, 1.54) is 0 Å². The normalized spacial score (nSPS) is 21.0.